The summed E-state index contributed by atoms with van der Waals surface area (Å²) in [4.78, 5) is 14.9. The monoisotopic (exact) mass is 318 g/mol. The fourth-order valence-electron chi connectivity index (χ4n) is 2.91. The molecule has 128 valence electrons. The van der Waals surface area contributed by atoms with Gasteiger partial charge in [0, 0.05) is 50.3 Å². The number of benzene rings is 1. The summed E-state index contributed by atoms with van der Waals surface area (Å²) in [6.07, 6.45) is 0.581. The first-order valence-electron chi connectivity index (χ1n) is 8.65. The number of carbonyl (C=O) groups excluding carboxylic acids is 1. The normalized spacial score (nSPS) is 16.3. The number of piperazine rings is 1. The van der Waals surface area contributed by atoms with Crippen LogP contribution in [0.4, 0.5) is 0 Å². The summed E-state index contributed by atoms with van der Waals surface area (Å²) in [5, 5.41) is 3.34. The van der Waals surface area contributed by atoms with Crippen LogP contribution in [0.1, 0.15) is 50.0 Å². The van der Waals surface area contributed by atoms with Gasteiger partial charge in [0.25, 0.3) is 0 Å². The molecule has 1 saturated heterocycles. The van der Waals surface area contributed by atoms with E-state index in [4.69, 9.17) is 4.74 Å². The SMILES string of the molecule is CCOc1ccc(C(=O)CCN2CCNCC2)cc1C(C)(C)C. The molecule has 1 fully saturated rings. The molecule has 1 aliphatic heterocycles. The van der Waals surface area contributed by atoms with Gasteiger partial charge < -0.3 is 15.0 Å². The first kappa shape index (κ1) is 18.0. The van der Waals surface area contributed by atoms with Gasteiger partial charge in [-0.25, -0.2) is 0 Å². The molecule has 4 nitrogen and oxygen atoms in total. The fraction of sp³-hybridized carbons (Fsp3) is 0.632. The lowest BCUT2D eigenvalue weighted by molar-refractivity contribution is 0.0960. The van der Waals surface area contributed by atoms with Crippen molar-refractivity contribution in [3.63, 3.8) is 0 Å². The Hall–Kier alpha value is -1.39. The molecule has 0 amide bonds. The van der Waals surface area contributed by atoms with E-state index in [0.29, 0.717) is 13.0 Å². The van der Waals surface area contributed by atoms with Crippen molar-refractivity contribution >= 4 is 5.78 Å². The molecule has 0 aliphatic carbocycles. The highest BCUT2D eigenvalue weighted by atomic mass is 16.5. The number of carbonyl (C=O) groups is 1. The Morgan fingerprint density at radius 2 is 1.96 bits per heavy atom. The van der Waals surface area contributed by atoms with Crippen LogP contribution >= 0.6 is 0 Å². The second kappa shape index (κ2) is 7.93. The van der Waals surface area contributed by atoms with Gasteiger partial charge in [0.1, 0.15) is 5.75 Å². The maximum atomic E-state index is 12.6. The zero-order valence-corrected chi connectivity index (χ0v) is 14.9. The first-order valence-corrected chi connectivity index (χ1v) is 8.65. The predicted molar refractivity (Wildman–Crippen MR) is 94.6 cm³/mol. The van der Waals surface area contributed by atoms with E-state index < -0.39 is 0 Å². The lowest BCUT2D eigenvalue weighted by atomic mass is 9.85. The zero-order valence-electron chi connectivity index (χ0n) is 14.9. The lowest BCUT2D eigenvalue weighted by Gasteiger charge is -2.27. The average molecular weight is 318 g/mol. The van der Waals surface area contributed by atoms with Crippen molar-refractivity contribution in [3.8, 4) is 5.75 Å². The third-order valence-electron chi connectivity index (χ3n) is 4.27. The predicted octanol–water partition coefficient (Wildman–Crippen LogP) is 2.86. The van der Waals surface area contributed by atoms with Crippen LogP contribution in [0.2, 0.25) is 0 Å². The Balaban J connectivity index is 2.07. The van der Waals surface area contributed by atoms with Gasteiger partial charge in [-0.1, -0.05) is 20.8 Å². The Morgan fingerprint density at radius 3 is 2.57 bits per heavy atom. The minimum absolute atomic E-state index is 0.0423. The highest BCUT2D eigenvalue weighted by Crippen LogP contribution is 2.32. The first-order chi connectivity index (χ1) is 10.9. The average Bonchev–Trinajstić information content (AvgIpc) is 2.53. The van der Waals surface area contributed by atoms with Crippen LogP contribution in [-0.4, -0.2) is 50.0 Å². The molecule has 1 N–H and O–H groups in total. The maximum absolute atomic E-state index is 12.6. The molecule has 0 atom stereocenters. The van der Waals surface area contributed by atoms with E-state index in [2.05, 4.69) is 31.0 Å². The fourth-order valence-corrected chi connectivity index (χ4v) is 2.91. The van der Waals surface area contributed by atoms with Crippen LogP contribution in [0.25, 0.3) is 0 Å². The van der Waals surface area contributed by atoms with Crippen LogP contribution in [0.15, 0.2) is 18.2 Å². The van der Waals surface area contributed by atoms with Gasteiger partial charge >= 0.3 is 0 Å². The van der Waals surface area contributed by atoms with E-state index in [1.54, 1.807) is 0 Å². The van der Waals surface area contributed by atoms with E-state index in [-0.39, 0.29) is 11.2 Å². The smallest absolute Gasteiger partial charge is 0.164 e. The maximum Gasteiger partial charge on any atom is 0.164 e. The van der Waals surface area contributed by atoms with Crippen molar-refractivity contribution in [2.24, 2.45) is 0 Å². The van der Waals surface area contributed by atoms with Crippen LogP contribution in [0, 0.1) is 0 Å². The molecule has 0 bridgehead atoms. The summed E-state index contributed by atoms with van der Waals surface area (Å²) in [6, 6.07) is 5.87. The van der Waals surface area contributed by atoms with Crippen molar-refractivity contribution in [2.45, 2.75) is 39.5 Å². The highest BCUT2D eigenvalue weighted by molar-refractivity contribution is 5.96. The summed E-state index contributed by atoms with van der Waals surface area (Å²) in [6.45, 7) is 14.0. The second-order valence-electron chi connectivity index (χ2n) is 7.16. The topological polar surface area (TPSA) is 41.6 Å². The number of hydrogen-bond donors (Lipinski definition) is 1. The Bertz CT molecular complexity index is 529. The molecular formula is C19H30N2O2. The number of hydrogen-bond acceptors (Lipinski definition) is 4. The molecule has 0 radical (unpaired) electrons. The van der Waals surface area contributed by atoms with Crippen molar-refractivity contribution in [1.82, 2.24) is 10.2 Å². The Labute approximate surface area is 140 Å². The van der Waals surface area contributed by atoms with E-state index in [9.17, 15) is 4.79 Å². The van der Waals surface area contributed by atoms with E-state index in [1.807, 2.05) is 25.1 Å². The highest BCUT2D eigenvalue weighted by Gasteiger charge is 2.21. The van der Waals surface area contributed by atoms with Crippen molar-refractivity contribution in [1.29, 1.82) is 0 Å². The largest absolute Gasteiger partial charge is 0.494 e. The van der Waals surface area contributed by atoms with Crippen molar-refractivity contribution in [2.75, 3.05) is 39.3 Å². The molecule has 4 heteroatoms. The third kappa shape index (κ3) is 5.05. The molecule has 1 heterocycles. The van der Waals surface area contributed by atoms with Gasteiger partial charge in [-0.15, -0.1) is 0 Å². The molecule has 1 aromatic carbocycles. The molecule has 23 heavy (non-hydrogen) atoms. The summed E-state index contributed by atoms with van der Waals surface area (Å²) in [5.74, 6) is 1.11. The van der Waals surface area contributed by atoms with Gasteiger partial charge in [0.15, 0.2) is 5.78 Å². The van der Waals surface area contributed by atoms with Gasteiger partial charge in [0.2, 0.25) is 0 Å². The van der Waals surface area contributed by atoms with Crippen LogP contribution in [0.5, 0.6) is 5.75 Å². The van der Waals surface area contributed by atoms with Crippen LogP contribution in [-0.2, 0) is 5.41 Å². The van der Waals surface area contributed by atoms with Crippen LogP contribution in [0.3, 0.4) is 0 Å². The summed E-state index contributed by atoms with van der Waals surface area (Å²) in [5.41, 5.74) is 1.86. The molecule has 1 aliphatic rings. The summed E-state index contributed by atoms with van der Waals surface area (Å²) < 4.78 is 5.73. The molecule has 0 saturated carbocycles. The van der Waals surface area contributed by atoms with E-state index in [1.165, 1.54) is 0 Å². The number of nitrogens with one attached hydrogen (secondary N) is 1. The quantitative estimate of drug-likeness (QED) is 0.819. The third-order valence-corrected chi connectivity index (χ3v) is 4.27. The molecule has 0 aromatic heterocycles. The lowest BCUT2D eigenvalue weighted by Crippen LogP contribution is -2.44. The van der Waals surface area contributed by atoms with E-state index in [0.717, 1.165) is 49.6 Å². The second-order valence-corrected chi connectivity index (χ2v) is 7.16. The number of Topliss-reactive ketones (excluding diaryl/α,β-unsaturated/α-hetero) is 1. The molecule has 0 spiro atoms. The number of rotatable bonds is 6. The minimum Gasteiger partial charge on any atom is -0.494 e. The molecule has 0 unspecified atom stereocenters. The van der Waals surface area contributed by atoms with Crippen molar-refractivity contribution < 1.29 is 9.53 Å². The Morgan fingerprint density at radius 1 is 1.26 bits per heavy atom. The van der Waals surface area contributed by atoms with Gasteiger partial charge in [-0.05, 0) is 30.5 Å². The van der Waals surface area contributed by atoms with Gasteiger partial charge in [-0.3, -0.25) is 4.79 Å². The summed E-state index contributed by atoms with van der Waals surface area (Å²) >= 11 is 0. The Kier molecular flexibility index (Phi) is 6.19. The number of ether oxygens (including phenoxy) is 1. The molecular weight excluding hydrogens is 288 g/mol. The minimum atomic E-state index is -0.0423. The summed E-state index contributed by atoms with van der Waals surface area (Å²) in [7, 11) is 0. The standard InChI is InChI=1S/C19H30N2O2/c1-5-23-18-7-6-15(14-16(18)19(2,3)4)17(22)8-11-21-12-9-20-10-13-21/h6-7,14,20H,5,8-13H2,1-4H3. The van der Waals surface area contributed by atoms with Gasteiger partial charge in [-0.2, -0.15) is 0 Å². The van der Waals surface area contributed by atoms with E-state index >= 15 is 0 Å². The van der Waals surface area contributed by atoms with Gasteiger partial charge in [0.05, 0.1) is 6.61 Å². The van der Waals surface area contributed by atoms with Crippen LogP contribution < -0.4 is 10.1 Å². The molecule has 2 rings (SSSR count). The molecule has 1 aromatic rings. The zero-order chi connectivity index (χ0) is 16.9. The number of ketones is 1. The van der Waals surface area contributed by atoms with Crippen molar-refractivity contribution in [3.05, 3.63) is 29.3 Å². The number of nitrogens with zero attached hydrogens (tertiary/aromatic N) is 1.